The maximum Gasteiger partial charge on any atom is 0.165 e. The number of hydrogen-bond acceptors (Lipinski definition) is 3. The van der Waals surface area contributed by atoms with E-state index in [4.69, 9.17) is 9.15 Å². The van der Waals surface area contributed by atoms with Gasteiger partial charge in [-0.05, 0) is 51.1 Å². The van der Waals surface area contributed by atoms with Gasteiger partial charge in [0.05, 0.1) is 7.11 Å². The number of likely N-dealkylation sites (N-methyl/N-ethyl adjacent to an activating group) is 1. The van der Waals surface area contributed by atoms with Crippen molar-refractivity contribution >= 4 is 0 Å². The van der Waals surface area contributed by atoms with Crippen LogP contribution in [0.3, 0.4) is 0 Å². The lowest BCUT2D eigenvalue weighted by atomic mass is 9.99. The molecule has 0 fully saturated rings. The molecule has 0 saturated carbocycles. The lowest BCUT2D eigenvalue weighted by Crippen LogP contribution is -2.19. The average Bonchev–Trinajstić information content (AvgIpc) is 2.75. The van der Waals surface area contributed by atoms with Gasteiger partial charge >= 0.3 is 0 Å². The molecule has 0 amide bonds. The molecule has 1 atom stereocenters. The van der Waals surface area contributed by atoms with Crippen molar-refractivity contribution in [2.75, 3.05) is 14.2 Å². The van der Waals surface area contributed by atoms with Crippen molar-refractivity contribution in [3.63, 3.8) is 0 Å². The molecule has 1 unspecified atom stereocenters. The van der Waals surface area contributed by atoms with Crippen LogP contribution in [0, 0.1) is 19.7 Å². The number of ether oxygens (including phenoxy) is 1. The van der Waals surface area contributed by atoms with Gasteiger partial charge in [-0.15, -0.1) is 0 Å². The van der Waals surface area contributed by atoms with Gasteiger partial charge in [0.25, 0.3) is 0 Å². The van der Waals surface area contributed by atoms with Gasteiger partial charge in [-0.3, -0.25) is 0 Å². The van der Waals surface area contributed by atoms with Crippen LogP contribution < -0.4 is 10.1 Å². The highest BCUT2D eigenvalue weighted by molar-refractivity contribution is 5.32. The van der Waals surface area contributed by atoms with Crippen LogP contribution in [0.1, 0.15) is 28.7 Å². The molecule has 0 saturated heterocycles. The molecule has 20 heavy (non-hydrogen) atoms. The fourth-order valence-electron chi connectivity index (χ4n) is 2.44. The molecule has 0 bridgehead atoms. The monoisotopic (exact) mass is 277 g/mol. The van der Waals surface area contributed by atoms with Crippen LogP contribution in [0.15, 0.2) is 28.7 Å². The quantitative estimate of drug-likeness (QED) is 0.907. The van der Waals surface area contributed by atoms with Gasteiger partial charge in [-0.1, -0.05) is 6.07 Å². The third-order valence-corrected chi connectivity index (χ3v) is 3.46. The van der Waals surface area contributed by atoms with Crippen molar-refractivity contribution in [1.29, 1.82) is 0 Å². The minimum Gasteiger partial charge on any atom is -0.494 e. The lowest BCUT2D eigenvalue weighted by molar-refractivity contribution is 0.386. The van der Waals surface area contributed by atoms with E-state index in [2.05, 4.69) is 5.32 Å². The number of benzene rings is 1. The zero-order valence-electron chi connectivity index (χ0n) is 12.3. The molecular formula is C16H20FNO2. The van der Waals surface area contributed by atoms with Crippen LogP contribution in [-0.4, -0.2) is 14.2 Å². The lowest BCUT2D eigenvalue weighted by Gasteiger charge is -2.16. The van der Waals surface area contributed by atoms with Crippen LogP contribution in [-0.2, 0) is 6.42 Å². The predicted molar refractivity (Wildman–Crippen MR) is 76.6 cm³/mol. The number of nitrogens with one attached hydrogen (secondary N) is 1. The fraction of sp³-hybridized carbons (Fsp3) is 0.375. The third-order valence-electron chi connectivity index (χ3n) is 3.46. The molecule has 0 spiro atoms. The van der Waals surface area contributed by atoms with E-state index in [1.54, 1.807) is 6.07 Å². The minimum absolute atomic E-state index is 0.0974. The molecule has 3 nitrogen and oxygen atoms in total. The molecule has 108 valence electrons. The number of aryl methyl sites for hydroxylation is 2. The van der Waals surface area contributed by atoms with Gasteiger partial charge in [0, 0.05) is 11.6 Å². The van der Waals surface area contributed by atoms with Crippen LogP contribution in [0.5, 0.6) is 5.75 Å². The molecule has 0 radical (unpaired) electrons. The molecular weight excluding hydrogens is 257 g/mol. The number of hydrogen-bond donors (Lipinski definition) is 1. The third kappa shape index (κ3) is 3.02. The molecule has 4 heteroatoms. The van der Waals surface area contributed by atoms with Crippen LogP contribution >= 0.6 is 0 Å². The second-order valence-electron chi connectivity index (χ2n) is 4.88. The first kappa shape index (κ1) is 14.6. The van der Waals surface area contributed by atoms with E-state index in [1.807, 2.05) is 33.0 Å². The van der Waals surface area contributed by atoms with Crippen molar-refractivity contribution < 1.29 is 13.5 Å². The van der Waals surface area contributed by atoms with Gasteiger partial charge in [0.15, 0.2) is 11.6 Å². The Kier molecular flexibility index (Phi) is 4.45. The Morgan fingerprint density at radius 2 is 2.05 bits per heavy atom. The first-order chi connectivity index (χ1) is 9.55. The van der Waals surface area contributed by atoms with E-state index in [0.29, 0.717) is 6.42 Å². The molecule has 2 rings (SSSR count). The number of furan rings is 1. The summed E-state index contributed by atoms with van der Waals surface area (Å²) in [5.41, 5.74) is 2.03. The normalized spacial score (nSPS) is 12.4. The van der Waals surface area contributed by atoms with Gasteiger partial charge in [-0.25, -0.2) is 4.39 Å². The van der Waals surface area contributed by atoms with E-state index in [-0.39, 0.29) is 17.6 Å². The summed E-state index contributed by atoms with van der Waals surface area (Å²) in [6.45, 7) is 3.87. The van der Waals surface area contributed by atoms with Crippen LogP contribution in [0.25, 0.3) is 0 Å². The van der Waals surface area contributed by atoms with E-state index in [0.717, 1.165) is 22.6 Å². The van der Waals surface area contributed by atoms with E-state index in [9.17, 15) is 4.39 Å². The largest absolute Gasteiger partial charge is 0.494 e. The maximum absolute atomic E-state index is 13.7. The highest BCUT2D eigenvalue weighted by Gasteiger charge is 2.17. The van der Waals surface area contributed by atoms with Crippen LogP contribution in [0.4, 0.5) is 4.39 Å². The van der Waals surface area contributed by atoms with Gasteiger partial charge in [0.2, 0.25) is 0 Å². The molecule has 0 aliphatic carbocycles. The van der Waals surface area contributed by atoms with Crippen molar-refractivity contribution in [2.45, 2.75) is 26.3 Å². The second-order valence-corrected chi connectivity index (χ2v) is 4.88. The summed E-state index contributed by atoms with van der Waals surface area (Å²) in [5.74, 6) is 1.72. The Hall–Kier alpha value is -1.81. The Morgan fingerprint density at radius 3 is 2.55 bits per heavy atom. The van der Waals surface area contributed by atoms with Crippen molar-refractivity contribution in [2.24, 2.45) is 0 Å². The maximum atomic E-state index is 13.7. The molecule has 0 aliphatic rings. The molecule has 1 N–H and O–H groups in total. The standard InChI is InChI=1S/C16H20FNO2/c1-10-7-13(11(2)20-10)15(18-3)9-12-5-6-16(19-4)14(17)8-12/h5-8,15,18H,9H2,1-4H3. The summed E-state index contributed by atoms with van der Waals surface area (Å²) < 4.78 is 24.2. The zero-order chi connectivity index (χ0) is 14.7. The number of rotatable bonds is 5. The Labute approximate surface area is 118 Å². The predicted octanol–water partition coefficient (Wildman–Crippen LogP) is 3.55. The topological polar surface area (TPSA) is 34.4 Å². The number of halogens is 1. The fourth-order valence-corrected chi connectivity index (χ4v) is 2.44. The SMILES string of the molecule is CNC(Cc1ccc(OC)c(F)c1)c1cc(C)oc1C. The van der Waals surface area contributed by atoms with Crippen LogP contribution in [0.2, 0.25) is 0 Å². The summed E-state index contributed by atoms with van der Waals surface area (Å²) in [6.07, 6.45) is 0.692. The molecule has 1 aromatic carbocycles. The van der Waals surface area contributed by atoms with Gasteiger partial charge in [-0.2, -0.15) is 0 Å². The Balaban J connectivity index is 2.22. The zero-order valence-corrected chi connectivity index (χ0v) is 12.3. The van der Waals surface area contributed by atoms with E-state index < -0.39 is 0 Å². The highest BCUT2D eigenvalue weighted by Crippen LogP contribution is 2.26. The summed E-state index contributed by atoms with van der Waals surface area (Å²) in [4.78, 5) is 0. The summed E-state index contributed by atoms with van der Waals surface area (Å²) in [7, 11) is 3.36. The van der Waals surface area contributed by atoms with E-state index >= 15 is 0 Å². The molecule has 1 aromatic heterocycles. The highest BCUT2D eigenvalue weighted by atomic mass is 19.1. The van der Waals surface area contributed by atoms with Crippen molar-refractivity contribution in [1.82, 2.24) is 5.32 Å². The summed E-state index contributed by atoms with van der Waals surface area (Å²) in [6, 6.07) is 7.18. The molecule has 2 aromatic rings. The Bertz CT molecular complexity index is 592. The molecule has 0 aliphatic heterocycles. The first-order valence-electron chi connectivity index (χ1n) is 6.61. The van der Waals surface area contributed by atoms with Crippen molar-refractivity contribution in [3.8, 4) is 5.75 Å². The minimum atomic E-state index is -0.333. The molecule has 1 heterocycles. The second kappa shape index (κ2) is 6.09. The number of methoxy groups -OCH3 is 1. The summed E-state index contributed by atoms with van der Waals surface area (Å²) in [5, 5.41) is 3.26. The first-order valence-corrected chi connectivity index (χ1v) is 6.61. The smallest absolute Gasteiger partial charge is 0.165 e. The van der Waals surface area contributed by atoms with Crippen molar-refractivity contribution in [3.05, 3.63) is 52.7 Å². The van der Waals surface area contributed by atoms with Gasteiger partial charge in [0.1, 0.15) is 11.5 Å². The average molecular weight is 277 g/mol. The van der Waals surface area contributed by atoms with Gasteiger partial charge < -0.3 is 14.5 Å². The summed E-state index contributed by atoms with van der Waals surface area (Å²) >= 11 is 0. The Morgan fingerprint density at radius 1 is 1.30 bits per heavy atom. The van der Waals surface area contributed by atoms with E-state index in [1.165, 1.54) is 13.2 Å².